The Morgan fingerprint density at radius 2 is 1.52 bits per heavy atom. The molecule has 140 valence electrons. The van der Waals surface area contributed by atoms with E-state index in [2.05, 4.69) is 0 Å². The van der Waals surface area contributed by atoms with Crippen LogP contribution in [0.5, 0.6) is 11.5 Å². The number of phenols is 1. The van der Waals surface area contributed by atoms with Crippen LogP contribution >= 0.6 is 0 Å². The van der Waals surface area contributed by atoms with Gasteiger partial charge in [0.15, 0.2) is 23.1 Å². The molecule has 0 bridgehead atoms. The number of phenolic OH excluding ortho intramolecular Hbond substituents is 1. The van der Waals surface area contributed by atoms with Crippen molar-refractivity contribution in [1.29, 1.82) is 0 Å². The standard InChI is InChI=1S/C22H23NO4/c1-23(2)18-9-4-16(5-10-18)6-11-19(24)15-20(25)12-7-17-8-13-21(26)22(14-17)27-3/h4-14,26H,15H2,1-3H3/b11-6+,12-7+. The van der Waals surface area contributed by atoms with E-state index in [1.807, 2.05) is 43.3 Å². The van der Waals surface area contributed by atoms with Crippen LogP contribution in [0.2, 0.25) is 0 Å². The SMILES string of the molecule is COc1cc(/C=C/C(=O)CC(=O)/C=C/c2ccc(N(C)C)cc2)ccc1O. The van der Waals surface area contributed by atoms with Gasteiger partial charge < -0.3 is 14.7 Å². The van der Waals surface area contributed by atoms with Crippen LogP contribution in [0, 0.1) is 0 Å². The molecule has 0 saturated carbocycles. The summed E-state index contributed by atoms with van der Waals surface area (Å²) in [4.78, 5) is 25.9. The first kappa shape index (κ1) is 20.0. The molecule has 0 radical (unpaired) electrons. The zero-order chi connectivity index (χ0) is 19.8. The minimum atomic E-state index is -0.292. The summed E-state index contributed by atoms with van der Waals surface area (Å²) in [6.45, 7) is 0. The van der Waals surface area contributed by atoms with Gasteiger partial charge in [0.1, 0.15) is 0 Å². The third-order valence-electron chi connectivity index (χ3n) is 3.89. The van der Waals surface area contributed by atoms with Crippen molar-refractivity contribution in [3.05, 3.63) is 65.7 Å². The highest BCUT2D eigenvalue weighted by Gasteiger charge is 2.05. The van der Waals surface area contributed by atoms with E-state index >= 15 is 0 Å². The van der Waals surface area contributed by atoms with Gasteiger partial charge in [0.25, 0.3) is 0 Å². The van der Waals surface area contributed by atoms with Crippen molar-refractivity contribution in [2.75, 3.05) is 26.1 Å². The topological polar surface area (TPSA) is 66.8 Å². The second-order valence-electron chi connectivity index (χ2n) is 6.19. The van der Waals surface area contributed by atoms with Crippen molar-refractivity contribution >= 4 is 29.4 Å². The fraction of sp³-hybridized carbons (Fsp3) is 0.182. The minimum Gasteiger partial charge on any atom is -0.504 e. The molecule has 0 aliphatic rings. The summed E-state index contributed by atoms with van der Waals surface area (Å²) >= 11 is 0. The second kappa shape index (κ2) is 9.38. The van der Waals surface area contributed by atoms with E-state index in [0.29, 0.717) is 11.3 Å². The minimum absolute atomic E-state index is 0.0277. The number of aromatic hydroxyl groups is 1. The van der Waals surface area contributed by atoms with Gasteiger partial charge in [-0.2, -0.15) is 0 Å². The molecule has 5 heteroatoms. The highest BCUT2D eigenvalue weighted by molar-refractivity contribution is 6.10. The fourth-order valence-corrected chi connectivity index (χ4v) is 2.35. The summed E-state index contributed by atoms with van der Waals surface area (Å²) in [6, 6.07) is 12.5. The Hall–Kier alpha value is -3.34. The molecule has 5 nitrogen and oxygen atoms in total. The summed E-state index contributed by atoms with van der Waals surface area (Å²) in [5.74, 6) is -0.201. The van der Waals surface area contributed by atoms with Gasteiger partial charge in [0, 0.05) is 19.8 Å². The largest absolute Gasteiger partial charge is 0.504 e. The van der Waals surface area contributed by atoms with Gasteiger partial charge in [-0.25, -0.2) is 0 Å². The first-order chi connectivity index (χ1) is 12.9. The Labute approximate surface area is 159 Å². The normalized spacial score (nSPS) is 11.1. The number of carbonyl (C=O) groups is 2. The maximum absolute atomic E-state index is 12.0. The summed E-state index contributed by atoms with van der Waals surface area (Å²) in [5, 5.41) is 9.56. The highest BCUT2D eigenvalue weighted by Crippen LogP contribution is 2.26. The molecule has 1 N–H and O–H groups in total. The molecule has 2 aromatic rings. The van der Waals surface area contributed by atoms with Crippen molar-refractivity contribution in [3.8, 4) is 11.5 Å². The van der Waals surface area contributed by atoms with Crippen LogP contribution in [0.15, 0.2) is 54.6 Å². The van der Waals surface area contributed by atoms with Crippen LogP contribution in [-0.2, 0) is 9.59 Å². The lowest BCUT2D eigenvalue weighted by atomic mass is 10.1. The van der Waals surface area contributed by atoms with Crippen LogP contribution in [0.4, 0.5) is 5.69 Å². The Kier molecular flexibility index (Phi) is 6.94. The molecule has 0 aliphatic carbocycles. The molecule has 0 amide bonds. The number of nitrogens with zero attached hydrogens (tertiary/aromatic N) is 1. The van der Waals surface area contributed by atoms with Crippen molar-refractivity contribution in [2.45, 2.75) is 6.42 Å². The van der Waals surface area contributed by atoms with Crippen LogP contribution in [0.1, 0.15) is 17.5 Å². The number of allylic oxidation sites excluding steroid dienone is 2. The summed E-state index contributed by atoms with van der Waals surface area (Å²) in [5.41, 5.74) is 2.67. The van der Waals surface area contributed by atoms with E-state index in [9.17, 15) is 14.7 Å². The molecule has 0 heterocycles. The first-order valence-electron chi connectivity index (χ1n) is 8.45. The Bertz CT molecular complexity index is 864. The Morgan fingerprint density at radius 3 is 2.07 bits per heavy atom. The number of methoxy groups -OCH3 is 1. The average molecular weight is 365 g/mol. The number of ketones is 2. The van der Waals surface area contributed by atoms with Crippen molar-refractivity contribution in [2.24, 2.45) is 0 Å². The summed E-state index contributed by atoms with van der Waals surface area (Å²) in [7, 11) is 5.37. The molecule has 2 rings (SSSR count). The molecular weight excluding hydrogens is 342 g/mol. The van der Waals surface area contributed by atoms with Crippen LogP contribution in [0.25, 0.3) is 12.2 Å². The molecule has 0 aromatic heterocycles. The molecule has 0 unspecified atom stereocenters. The van der Waals surface area contributed by atoms with Gasteiger partial charge in [-0.1, -0.05) is 30.4 Å². The predicted molar refractivity (Wildman–Crippen MR) is 108 cm³/mol. The van der Waals surface area contributed by atoms with Gasteiger partial charge in [-0.3, -0.25) is 9.59 Å². The smallest absolute Gasteiger partial charge is 0.163 e. The van der Waals surface area contributed by atoms with E-state index < -0.39 is 0 Å². The molecular formula is C22H23NO4. The van der Waals surface area contributed by atoms with Gasteiger partial charge >= 0.3 is 0 Å². The number of hydrogen-bond acceptors (Lipinski definition) is 5. The zero-order valence-electron chi connectivity index (χ0n) is 15.7. The third-order valence-corrected chi connectivity index (χ3v) is 3.89. The van der Waals surface area contributed by atoms with Crippen LogP contribution < -0.4 is 9.64 Å². The predicted octanol–water partition coefficient (Wildman–Crippen LogP) is 3.72. The molecule has 0 atom stereocenters. The van der Waals surface area contributed by atoms with Crippen molar-refractivity contribution in [1.82, 2.24) is 0 Å². The third kappa shape index (κ3) is 6.15. The monoisotopic (exact) mass is 365 g/mol. The van der Waals surface area contributed by atoms with Gasteiger partial charge in [-0.05, 0) is 47.5 Å². The quantitative estimate of drug-likeness (QED) is 0.570. The van der Waals surface area contributed by atoms with E-state index in [0.717, 1.165) is 11.3 Å². The van der Waals surface area contributed by atoms with E-state index in [1.165, 1.54) is 25.3 Å². The maximum atomic E-state index is 12.0. The van der Waals surface area contributed by atoms with Crippen molar-refractivity contribution in [3.63, 3.8) is 0 Å². The van der Waals surface area contributed by atoms with Gasteiger partial charge in [0.2, 0.25) is 0 Å². The molecule has 27 heavy (non-hydrogen) atoms. The van der Waals surface area contributed by atoms with Crippen LogP contribution in [-0.4, -0.2) is 37.9 Å². The molecule has 0 fully saturated rings. The fourth-order valence-electron chi connectivity index (χ4n) is 2.35. The Morgan fingerprint density at radius 1 is 0.963 bits per heavy atom. The summed E-state index contributed by atoms with van der Waals surface area (Å²) < 4.78 is 5.02. The maximum Gasteiger partial charge on any atom is 0.163 e. The van der Waals surface area contributed by atoms with E-state index in [1.54, 1.807) is 24.3 Å². The molecule has 0 aliphatic heterocycles. The molecule has 0 spiro atoms. The summed E-state index contributed by atoms with van der Waals surface area (Å²) in [6.07, 6.45) is 5.85. The lowest BCUT2D eigenvalue weighted by Crippen LogP contribution is -2.07. The zero-order valence-corrected chi connectivity index (χ0v) is 15.7. The number of carbonyl (C=O) groups excluding carboxylic acids is 2. The highest BCUT2D eigenvalue weighted by atomic mass is 16.5. The molecule has 2 aromatic carbocycles. The number of hydrogen-bond donors (Lipinski definition) is 1. The van der Waals surface area contributed by atoms with E-state index in [-0.39, 0.29) is 23.7 Å². The van der Waals surface area contributed by atoms with Crippen LogP contribution in [0.3, 0.4) is 0 Å². The number of benzene rings is 2. The second-order valence-corrected chi connectivity index (χ2v) is 6.19. The number of ether oxygens (including phenoxy) is 1. The molecule has 0 saturated heterocycles. The van der Waals surface area contributed by atoms with Crippen molar-refractivity contribution < 1.29 is 19.4 Å². The number of anilines is 1. The first-order valence-corrected chi connectivity index (χ1v) is 8.45. The Balaban J connectivity index is 1.92. The van der Waals surface area contributed by atoms with Gasteiger partial charge in [-0.15, -0.1) is 0 Å². The average Bonchev–Trinajstić information content (AvgIpc) is 2.66. The van der Waals surface area contributed by atoms with Gasteiger partial charge in [0.05, 0.1) is 13.5 Å². The van der Waals surface area contributed by atoms with E-state index in [4.69, 9.17) is 4.74 Å². The lowest BCUT2D eigenvalue weighted by molar-refractivity contribution is -0.121. The number of rotatable bonds is 8. The lowest BCUT2D eigenvalue weighted by Gasteiger charge is -2.11.